The van der Waals surface area contributed by atoms with Crippen LogP contribution in [0.15, 0.2) is 48.0 Å². The van der Waals surface area contributed by atoms with E-state index in [2.05, 4.69) is 26.5 Å². The van der Waals surface area contributed by atoms with Crippen LogP contribution in [-0.2, 0) is 0 Å². The number of anilines is 1. The Morgan fingerprint density at radius 1 is 1.30 bits per heavy atom. The number of amides is 2. The van der Waals surface area contributed by atoms with Crippen molar-refractivity contribution in [3.05, 3.63) is 69.4 Å². The second kappa shape index (κ2) is 9.42. The molecule has 2 heterocycles. The minimum absolute atomic E-state index is 0.105. The molecule has 2 aromatic carbocycles. The number of carbonyl (C=O) groups is 1. The van der Waals surface area contributed by atoms with Crippen LogP contribution in [0, 0.1) is 18.2 Å². The van der Waals surface area contributed by atoms with Gasteiger partial charge < -0.3 is 15.5 Å². The molecule has 0 bridgehead atoms. The maximum absolute atomic E-state index is 14.8. The second-order valence-corrected chi connectivity index (χ2v) is 8.18. The zero-order valence-electron chi connectivity index (χ0n) is 16.8. The Hall–Kier alpha value is -3.71. The molecule has 2 aromatic heterocycles. The largest absolute Gasteiger partial charge is 0.493 e. The van der Waals surface area contributed by atoms with Crippen LogP contribution >= 0.6 is 22.9 Å². The number of hydrogen-bond donors (Lipinski definition) is 4. The van der Waals surface area contributed by atoms with Gasteiger partial charge in [-0.1, -0.05) is 29.8 Å². The van der Waals surface area contributed by atoms with Gasteiger partial charge in [-0.05, 0) is 35.1 Å². The summed E-state index contributed by atoms with van der Waals surface area (Å²) < 4.78 is 14.8. The summed E-state index contributed by atoms with van der Waals surface area (Å²) >= 11 is 7.68. The average Bonchev–Trinajstić information content (AvgIpc) is 3.25. The van der Waals surface area contributed by atoms with E-state index in [0.29, 0.717) is 21.5 Å². The van der Waals surface area contributed by atoms with Gasteiger partial charge in [0.15, 0.2) is 5.01 Å². The van der Waals surface area contributed by atoms with E-state index in [4.69, 9.17) is 18.0 Å². The fourth-order valence-corrected chi connectivity index (χ4v) is 4.22. The molecule has 0 aliphatic heterocycles. The summed E-state index contributed by atoms with van der Waals surface area (Å²) in [5, 5.41) is 28.2. The normalized spacial score (nSPS) is 11.7. The highest BCUT2D eigenvalue weighted by molar-refractivity contribution is 7.10. The Morgan fingerprint density at radius 2 is 2.12 bits per heavy atom. The number of aromatic hydroxyl groups is 1. The number of rotatable bonds is 5. The van der Waals surface area contributed by atoms with Crippen LogP contribution < -0.4 is 10.6 Å². The summed E-state index contributed by atoms with van der Waals surface area (Å²) in [6, 6.07) is 7.76. The molecule has 2 amide bonds. The number of aliphatic hydroxyl groups is 1. The highest BCUT2D eigenvalue weighted by Gasteiger charge is 2.20. The number of nitrogens with one attached hydrogen (secondary N) is 2. The third-order valence-electron chi connectivity index (χ3n) is 4.88. The maximum atomic E-state index is 14.8. The third-order valence-corrected chi connectivity index (χ3v) is 5.97. The summed E-state index contributed by atoms with van der Waals surface area (Å²) in [5.41, 5.74) is 0.929. The number of carbonyl (C=O) groups excluding carboxylic acids is 1. The van der Waals surface area contributed by atoms with Gasteiger partial charge in [0.25, 0.3) is 0 Å². The fraction of sp³-hybridized carbons (Fsp3) is 0.0870. The number of hydrogen-bond acceptors (Lipinski definition) is 6. The molecule has 1 atom stereocenters. The number of nitrogens with zero attached hydrogens (tertiary/aromatic N) is 2. The Bertz CT molecular complexity index is 1400. The van der Waals surface area contributed by atoms with Crippen molar-refractivity contribution in [3.63, 3.8) is 0 Å². The van der Waals surface area contributed by atoms with Crippen LogP contribution in [0.4, 0.5) is 15.0 Å². The van der Waals surface area contributed by atoms with Gasteiger partial charge in [-0.15, -0.1) is 17.8 Å². The topological polar surface area (TPSA) is 107 Å². The molecule has 33 heavy (non-hydrogen) atoms. The third kappa shape index (κ3) is 4.59. The lowest BCUT2D eigenvalue weighted by molar-refractivity contribution is 0.225. The summed E-state index contributed by atoms with van der Waals surface area (Å²) in [4.78, 5) is 20.2. The lowest BCUT2D eigenvalue weighted by Gasteiger charge is -2.18. The molecule has 0 aliphatic rings. The zero-order chi connectivity index (χ0) is 23.5. The number of fused-ring (bicyclic) bond motifs is 1. The molecular formula is C23H16ClFN4O3S. The highest BCUT2D eigenvalue weighted by Crippen LogP contribution is 2.39. The highest BCUT2D eigenvalue weighted by atomic mass is 35.5. The monoisotopic (exact) mass is 482 g/mol. The van der Waals surface area contributed by atoms with E-state index in [1.807, 2.05) is 0 Å². The Morgan fingerprint density at radius 3 is 2.82 bits per heavy atom. The van der Waals surface area contributed by atoms with E-state index in [0.717, 1.165) is 0 Å². The van der Waals surface area contributed by atoms with Crippen LogP contribution in [0.25, 0.3) is 21.9 Å². The van der Waals surface area contributed by atoms with Crippen LogP contribution in [0.1, 0.15) is 16.6 Å². The maximum Gasteiger partial charge on any atom is 0.320 e. The van der Waals surface area contributed by atoms with E-state index < -0.39 is 24.5 Å². The van der Waals surface area contributed by atoms with Gasteiger partial charge in [0.1, 0.15) is 11.6 Å². The number of thiazole rings is 1. The summed E-state index contributed by atoms with van der Waals surface area (Å²) in [6.45, 7) is -0.414. The first-order valence-electron chi connectivity index (χ1n) is 9.57. The predicted molar refractivity (Wildman–Crippen MR) is 126 cm³/mol. The van der Waals surface area contributed by atoms with Crippen molar-refractivity contribution in [1.29, 1.82) is 0 Å². The van der Waals surface area contributed by atoms with Crippen molar-refractivity contribution >= 4 is 45.6 Å². The molecule has 0 spiro atoms. The van der Waals surface area contributed by atoms with Gasteiger partial charge in [0, 0.05) is 27.7 Å². The first kappa shape index (κ1) is 22.5. The lowest BCUT2D eigenvalue weighted by atomic mass is 9.96. The van der Waals surface area contributed by atoms with Gasteiger partial charge in [0.2, 0.25) is 5.88 Å². The first-order chi connectivity index (χ1) is 15.9. The minimum atomic E-state index is -0.797. The van der Waals surface area contributed by atoms with Crippen LogP contribution in [0.3, 0.4) is 0 Å². The molecule has 0 saturated heterocycles. The molecule has 10 heteroatoms. The number of halogens is 2. The van der Waals surface area contributed by atoms with Crippen molar-refractivity contribution in [2.75, 3.05) is 11.9 Å². The van der Waals surface area contributed by atoms with Gasteiger partial charge in [-0.25, -0.2) is 19.2 Å². The summed E-state index contributed by atoms with van der Waals surface area (Å²) in [5.74, 6) is 1.77. The number of aromatic nitrogens is 2. The average molecular weight is 483 g/mol. The van der Waals surface area contributed by atoms with Crippen molar-refractivity contribution in [2.45, 2.75) is 6.04 Å². The van der Waals surface area contributed by atoms with Crippen molar-refractivity contribution in [1.82, 2.24) is 15.3 Å². The molecule has 4 rings (SSSR count). The molecule has 0 aliphatic carbocycles. The smallest absolute Gasteiger partial charge is 0.320 e. The van der Waals surface area contributed by atoms with Crippen molar-refractivity contribution in [3.8, 4) is 29.4 Å². The van der Waals surface area contributed by atoms with E-state index >= 15 is 0 Å². The van der Waals surface area contributed by atoms with Gasteiger partial charge >= 0.3 is 6.03 Å². The number of aliphatic hydroxyl groups excluding tert-OH is 1. The Kier molecular flexibility index (Phi) is 6.42. The molecule has 0 saturated carbocycles. The molecule has 0 radical (unpaired) electrons. The van der Waals surface area contributed by atoms with Gasteiger partial charge in [0.05, 0.1) is 18.0 Å². The Labute approximate surface area is 196 Å². The predicted octanol–water partition coefficient (Wildman–Crippen LogP) is 4.69. The molecule has 7 nitrogen and oxygen atoms in total. The van der Waals surface area contributed by atoms with Crippen LogP contribution in [-0.4, -0.2) is 32.8 Å². The molecule has 1 unspecified atom stereocenters. The second-order valence-electron chi connectivity index (χ2n) is 6.91. The van der Waals surface area contributed by atoms with Gasteiger partial charge in [-0.2, -0.15) is 0 Å². The fourth-order valence-electron chi connectivity index (χ4n) is 3.38. The van der Waals surface area contributed by atoms with Crippen molar-refractivity contribution < 1.29 is 19.4 Å². The van der Waals surface area contributed by atoms with Crippen LogP contribution in [0.5, 0.6) is 5.88 Å². The quantitative estimate of drug-likeness (QED) is 0.309. The molecule has 4 N–H and O–H groups in total. The SMILES string of the molecule is C#Cc1nc(NC(=O)NC(CO)c2ccc(-c3c(F)ccc4ccnc(O)c34)c(Cl)c2)cs1. The minimum Gasteiger partial charge on any atom is -0.493 e. The van der Waals surface area contributed by atoms with E-state index in [-0.39, 0.29) is 27.7 Å². The van der Waals surface area contributed by atoms with E-state index in [1.54, 1.807) is 23.6 Å². The summed E-state index contributed by atoms with van der Waals surface area (Å²) in [7, 11) is 0. The lowest BCUT2D eigenvalue weighted by Crippen LogP contribution is -2.34. The number of urea groups is 1. The molecule has 166 valence electrons. The van der Waals surface area contributed by atoms with E-state index in [1.165, 1.54) is 35.7 Å². The zero-order valence-corrected chi connectivity index (χ0v) is 18.4. The number of pyridine rings is 1. The molecular weight excluding hydrogens is 467 g/mol. The molecule has 4 aromatic rings. The summed E-state index contributed by atoms with van der Waals surface area (Å²) in [6.07, 6.45) is 6.69. The standard InChI is InChI=1S/C23H16ClFN4O3S/c1-2-19-28-18(11-33-19)29-23(32)27-17(10-30)13-3-5-14(15(24)9-13)21-16(25)6-4-12-7-8-26-22(31)20(12)21/h1,3-9,11,17,30H,10H2,(H,26,31)(H2,27,29,32). The Balaban J connectivity index is 1.62. The van der Waals surface area contributed by atoms with Gasteiger partial charge in [-0.3, -0.25) is 5.32 Å². The molecule has 0 fully saturated rings. The number of terminal acetylenes is 1. The van der Waals surface area contributed by atoms with Crippen LogP contribution in [0.2, 0.25) is 5.02 Å². The van der Waals surface area contributed by atoms with E-state index in [9.17, 15) is 19.4 Å². The number of benzene rings is 2. The van der Waals surface area contributed by atoms with Crippen molar-refractivity contribution in [2.24, 2.45) is 0 Å². The first-order valence-corrected chi connectivity index (χ1v) is 10.8.